The molecule has 0 amide bonds. The molecule has 2 aromatic carbocycles. The minimum atomic E-state index is -4.52. The summed E-state index contributed by atoms with van der Waals surface area (Å²) in [5, 5.41) is 7.07. The molecule has 150 valence electrons. The van der Waals surface area contributed by atoms with Crippen molar-refractivity contribution in [3.8, 4) is 11.3 Å². The lowest BCUT2D eigenvalue weighted by molar-refractivity contribution is -0.141. The van der Waals surface area contributed by atoms with Crippen molar-refractivity contribution >= 4 is 11.4 Å². The number of hydrogen-bond acceptors (Lipinski definition) is 4. The second-order valence-electron chi connectivity index (χ2n) is 7.01. The topological polar surface area (TPSA) is 32.3 Å². The van der Waals surface area contributed by atoms with Crippen LogP contribution < -0.4 is 4.90 Å². The van der Waals surface area contributed by atoms with Crippen molar-refractivity contribution in [2.75, 3.05) is 25.0 Å². The summed E-state index contributed by atoms with van der Waals surface area (Å²) >= 11 is 0. The first kappa shape index (κ1) is 19.3. The zero-order chi connectivity index (χ0) is 20.6. The molecule has 0 saturated carbocycles. The highest BCUT2D eigenvalue weighted by molar-refractivity contribution is 5.72. The van der Waals surface area contributed by atoms with Crippen LogP contribution in [-0.4, -0.2) is 35.2 Å². The van der Waals surface area contributed by atoms with E-state index >= 15 is 0 Å². The van der Waals surface area contributed by atoms with Gasteiger partial charge in [0, 0.05) is 36.6 Å². The predicted molar refractivity (Wildman–Crippen MR) is 102 cm³/mol. The van der Waals surface area contributed by atoms with Gasteiger partial charge in [0.15, 0.2) is 5.69 Å². The van der Waals surface area contributed by atoms with Gasteiger partial charge in [-0.25, -0.2) is 4.39 Å². The maximum absolute atomic E-state index is 13.3. The van der Waals surface area contributed by atoms with Gasteiger partial charge in [0.2, 0.25) is 0 Å². The lowest BCUT2D eigenvalue weighted by atomic mass is 10.0. The van der Waals surface area contributed by atoms with Crippen LogP contribution in [0.5, 0.6) is 0 Å². The molecular weight excluding hydrogens is 384 g/mol. The van der Waals surface area contributed by atoms with Crippen LogP contribution in [0.25, 0.3) is 11.3 Å². The normalized spacial score (nSPS) is 15.1. The third-order valence-corrected chi connectivity index (χ3v) is 4.90. The number of fused-ring (bicyclic) bond motifs is 1. The molecule has 0 saturated heterocycles. The van der Waals surface area contributed by atoms with Crippen LogP contribution in [0, 0.1) is 5.82 Å². The van der Waals surface area contributed by atoms with E-state index < -0.39 is 11.9 Å². The van der Waals surface area contributed by atoms with Gasteiger partial charge in [0.05, 0.1) is 5.69 Å². The van der Waals surface area contributed by atoms with Gasteiger partial charge >= 0.3 is 6.18 Å². The molecular formula is C21H18F4N4. The first-order valence-electron chi connectivity index (χ1n) is 9.07. The number of rotatable bonds is 2. The van der Waals surface area contributed by atoms with Gasteiger partial charge in [0.1, 0.15) is 5.82 Å². The number of aromatic nitrogens is 2. The third-order valence-electron chi connectivity index (χ3n) is 4.90. The highest BCUT2D eigenvalue weighted by Gasteiger charge is 2.33. The molecule has 8 heteroatoms. The summed E-state index contributed by atoms with van der Waals surface area (Å²) < 4.78 is 51.5. The SMILES string of the molecule is CN1CCN(c2ccc(F)cc2)c2ccc(-c3ccc(C(F)(F)F)nn3)cc2C1. The van der Waals surface area contributed by atoms with E-state index in [9.17, 15) is 17.6 Å². The lowest BCUT2D eigenvalue weighted by Gasteiger charge is -2.25. The molecule has 0 spiro atoms. The molecule has 2 heterocycles. The fraction of sp³-hybridized carbons (Fsp3) is 0.238. The number of alkyl halides is 3. The van der Waals surface area contributed by atoms with E-state index in [-0.39, 0.29) is 5.82 Å². The van der Waals surface area contributed by atoms with Gasteiger partial charge in [0.25, 0.3) is 0 Å². The third kappa shape index (κ3) is 4.07. The van der Waals surface area contributed by atoms with Gasteiger partial charge in [-0.3, -0.25) is 0 Å². The molecule has 29 heavy (non-hydrogen) atoms. The first-order chi connectivity index (χ1) is 13.8. The Morgan fingerprint density at radius 1 is 0.897 bits per heavy atom. The maximum Gasteiger partial charge on any atom is 0.435 e. The molecule has 1 aliphatic rings. The van der Waals surface area contributed by atoms with E-state index in [0.717, 1.165) is 36.1 Å². The van der Waals surface area contributed by atoms with Gasteiger partial charge in [-0.05, 0) is 61.1 Å². The van der Waals surface area contributed by atoms with Crippen LogP contribution >= 0.6 is 0 Å². The lowest BCUT2D eigenvalue weighted by Crippen LogP contribution is -2.26. The summed E-state index contributed by atoms with van der Waals surface area (Å²) in [4.78, 5) is 4.27. The number of halogens is 4. The average Bonchev–Trinajstić information content (AvgIpc) is 2.86. The Labute approximate surface area is 165 Å². The van der Waals surface area contributed by atoms with Crippen molar-refractivity contribution in [1.29, 1.82) is 0 Å². The molecule has 1 aliphatic heterocycles. The van der Waals surface area contributed by atoms with Gasteiger partial charge < -0.3 is 9.80 Å². The Kier molecular flexibility index (Phi) is 4.96. The molecule has 0 fully saturated rings. The Balaban J connectivity index is 1.71. The minimum absolute atomic E-state index is 0.294. The summed E-state index contributed by atoms with van der Waals surface area (Å²) in [5.41, 5.74) is 2.92. The van der Waals surface area contributed by atoms with Crippen LogP contribution in [-0.2, 0) is 12.7 Å². The van der Waals surface area contributed by atoms with Gasteiger partial charge in [-0.15, -0.1) is 10.2 Å². The number of benzene rings is 2. The van der Waals surface area contributed by atoms with Crippen molar-refractivity contribution < 1.29 is 17.6 Å². The largest absolute Gasteiger partial charge is 0.435 e. The van der Waals surface area contributed by atoms with Crippen LogP contribution in [0.3, 0.4) is 0 Å². The minimum Gasteiger partial charge on any atom is -0.340 e. The van der Waals surface area contributed by atoms with E-state index in [1.165, 1.54) is 18.2 Å². The Bertz CT molecular complexity index is 1000. The fourth-order valence-electron chi connectivity index (χ4n) is 3.42. The molecule has 0 bridgehead atoms. The fourth-order valence-corrected chi connectivity index (χ4v) is 3.42. The van der Waals surface area contributed by atoms with Crippen molar-refractivity contribution in [2.45, 2.75) is 12.7 Å². The van der Waals surface area contributed by atoms with Crippen molar-refractivity contribution in [2.24, 2.45) is 0 Å². The smallest absolute Gasteiger partial charge is 0.340 e. The monoisotopic (exact) mass is 402 g/mol. The van der Waals surface area contributed by atoms with Crippen molar-refractivity contribution in [3.05, 3.63) is 71.7 Å². The summed E-state index contributed by atoms with van der Waals surface area (Å²) in [7, 11) is 2.00. The van der Waals surface area contributed by atoms with Gasteiger partial charge in [-0.2, -0.15) is 13.2 Å². The Morgan fingerprint density at radius 2 is 1.66 bits per heavy atom. The van der Waals surface area contributed by atoms with Crippen LogP contribution in [0.4, 0.5) is 28.9 Å². The molecule has 0 radical (unpaired) electrons. The summed E-state index contributed by atoms with van der Waals surface area (Å²) in [5.74, 6) is -0.294. The molecule has 0 N–H and O–H groups in total. The van der Waals surface area contributed by atoms with Crippen molar-refractivity contribution in [1.82, 2.24) is 15.1 Å². The molecule has 0 aliphatic carbocycles. The molecule has 4 nitrogen and oxygen atoms in total. The predicted octanol–water partition coefficient (Wildman–Crippen LogP) is 4.89. The summed E-state index contributed by atoms with van der Waals surface area (Å²) in [6.45, 7) is 2.21. The summed E-state index contributed by atoms with van der Waals surface area (Å²) in [6.07, 6.45) is -4.52. The maximum atomic E-state index is 13.3. The molecule has 3 aromatic rings. The second kappa shape index (κ2) is 7.44. The van der Waals surface area contributed by atoms with E-state index in [2.05, 4.69) is 20.0 Å². The Hall–Kier alpha value is -3.00. The molecule has 1 aromatic heterocycles. The van der Waals surface area contributed by atoms with Gasteiger partial charge in [-0.1, -0.05) is 6.07 Å². The zero-order valence-electron chi connectivity index (χ0n) is 15.6. The molecule has 4 rings (SSSR count). The highest BCUT2D eigenvalue weighted by atomic mass is 19.4. The van der Waals surface area contributed by atoms with Crippen molar-refractivity contribution in [3.63, 3.8) is 0 Å². The number of anilines is 2. The van der Waals surface area contributed by atoms with Crippen LogP contribution in [0.2, 0.25) is 0 Å². The van der Waals surface area contributed by atoms with Crippen LogP contribution in [0.15, 0.2) is 54.6 Å². The van der Waals surface area contributed by atoms with Crippen LogP contribution in [0.1, 0.15) is 11.3 Å². The highest BCUT2D eigenvalue weighted by Crippen LogP contribution is 2.34. The number of hydrogen-bond donors (Lipinski definition) is 0. The molecule has 0 atom stereocenters. The van der Waals surface area contributed by atoms with E-state index in [1.807, 2.05) is 25.2 Å². The second-order valence-corrected chi connectivity index (χ2v) is 7.01. The first-order valence-corrected chi connectivity index (χ1v) is 9.07. The standard InChI is InChI=1S/C21H18F4N4/c1-28-10-11-29(17-5-3-16(22)4-6-17)19-8-2-14(12-15(19)13-28)18-7-9-20(27-26-18)21(23,24)25/h2-9,12H,10-11,13H2,1H3. The van der Waals surface area contributed by atoms with E-state index in [4.69, 9.17) is 0 Å². The zero-order valence-corrected chi connectivity index (χ0v) is 15.6. The Morgan fingerprint density at radius 3 is 2.31 bits per heavy atom. The quantitative estimate of drug-likeness (QED) is 0.572. The molecule has 0 unspecified atom stereocenters. The summed E-state index contributed by atoms with van der Waals surface area (Å²) in [6, 6.07) is 14.3. The van der Waals surface area contributed by atoms with E-state index in [0.29, 0.717) is 17.8 Å². The number of likely N-dealkylation sites (N-methyl/N-ethyl adjacent to an activating group) is 1. The average molecular weight is 402 g/mol. The van der Waals surface area contributed by atoms with E-state index in [1.54, 1.807) is 12.1 Å². The number of nitrogens with zero attached hydrogens (tertiary/aromatic N) is 4.